The van der Waals surface area contributed by atoms with E-state index in [9.17, 15) is 0 Å². The van der Waals surface area contributed by atoms with E-state index in [1.54, 1.807) is 21.3 Å². The van der Waals surface area contributed by atoms with Crippen LogP contribution in [0.1, 0.15) is 78.2 Å². The first-order valence-electron chi connectivity index (χ1n) is 4.72. The van der Waals surface area contributed by atoms with Crippen LogP contribution in [0.5, 0.6) is 0 Å². The van der Waals surface area contributed by atoms with E-state index in [1.807, 2.05) is 27.7 Å². The van der Waals surface area contributed by atoms with Gasteiger partial charge in [0.15, 0.2) is 0 Å². The summed E-state index contributed by atoms with van der Waals surface area (Å²) in [6.45, 7) is 11.0. The molecule has 17 heavy (non-hydrogen) atoms. The van der Waals surface area contributed by atoms with E-state index in [2.05, 4.69) is 11.7 Å². The Balaban J connectivity index is -0.00000000697. The molecule has 0 N–H and O–H groups in total. The fourth-order valence-corrected chi connectivity index (χ4v) is 0.204. The van der Waals surface area contributed by atoms with Crippen LogP contribution in [0.4, 0.5) is 0 Å². The lowest BCUT2D eigenvalue weighted by Gasteiger charge is -1.84. The van der Waals surface area contributed by atoms with Crippen LogP contribution in [-0.2, 0) is 9.47 Å². The summed E-state index contributed by atoms with van der Waals surface area (Å²) in [6, 6.07) is 0. The number of hydrogen-bond donors (Lipinski definition) is 0. The molecule has 0 spiro atoms. The number of methoxy groups -OCH3 is 2. The largest absolute Gasteiger partial charge is 0.388 e. The van der Waals surface area contributed by atoms with Crippen molar-refractivity contribution in [2.45, 2.75) is 78.2 Å². The SMILES string of the molecule is C.C.C.C.C.CC.CC.CCCOC.COC. The van der Waals surface area contributed by atoms with Crippen molar-refractivity contribution in [3.63, 3.8) is 0 Å². The van der Waals surface area contributed by atoms with Gasteiger partial charge in [-0.3, -0.25) is 0 Å². The highest BCUT2D eigenvalue weighted by molar-refractivity contribution is 4.15. The highest BCUT2D eigenvalue weighted by Gasteiger charge is 1.66. The third-order valence-electron chi connectivity index (χ3n) is 0.408. The summed E-state index contributed by atoms with van der Waals surface area (Å²) in [4.78, 5) is 0. The first kappa shape index (κ1) is 68.4. The average molecular weight is 261 g/mol. The van der Waals surface area contributed by atoms with Crippen LogP contribution in [0.25, 0.3) is 0 Å². The molecule has 0 aromatic carbocycles. The molecule has 0 aliphatic rings. The summed E-state index contributed by atoms with van der Waals surface area (Å²) in [5.74, 6) is 0. The smallest absolute Gasteiger partial charge is 0.0459 e. The minimum absolute atomic E-state index is 0. The molecular weight excluding hydrogens is 212 g/mol. The van der Waals surface area contributed by atoms with Gasteiger partial charge in [-0.1, -0.05) is 71.8 Å². The third kappa shape index (κ3) is 837. The first-order valence-corrected chi connectivity index (χ1v) is 4.72. The van der Waals surface area contributed by atoms with Gasteiger partial charge >= 0.3 is 0 Å². The molecule has 0 aliphatic heterocycles. The van der Waals surface area contributed by atoms with E-state index in [0.29, 0.717) is 0 Å². The lowest BCUT2D eigenvalue weighted by molar-refractivity contribution is 0.199. The van der Waals surface area contributed by atoms with Crippen molar-refractivity contribution >= 4 is 0 Å². The molecule has 0 fully saturated rings. The molecule has 0 radical (unpaired) electrons. The molecule has 0 aromatic heterocycles. The molecule has 2 nitrogen and oxygen atoms in total. The van der Waals surface area contributed by atoms with Crippen LogP contribution in [0.15, 0.2) is 0 Å². The lowest BCUT2D eigenvalue weighted by Crippen LogP contribution is -1.80. The molecule has 0 aliphatic carbocycles. The van der Waals surface area contributed by atoms with Gasteiger partial charge in [-0.05, 0) is 6.42 Å². The topological polar surface area (TPSA) is 18.5 Å². The monoisotopic (exact) mass is 260 g/mol. The maximum absolute atomic E-state index is 4.69. The number of ether oxygens (including phenoxy) is 2. The van der Waals surface area contributed by atoms with Crippen molar-refractivity contribution in [2.75, 3.05) is 27.9 Å². The molecule has 120 valence electrons. The Morgan fingerprint density at radius 3 is 0.824 bits per heavy atom. The Kier molecular flexibility index (Phi) is 927. The molecule has 0 saturated heterocycles. The highest BCUT2D eigenvalue weighted by Crippen LogP contribution is 1.70. The van der Waals surface area contributed by atoms with Gasteiger partial charge in [0.25, 0.3) is 0 Å². The Bertz CT molecular complexity index is 22.9. The predicted molar refractivity (Wildman–Crippen MR) is 91.5 cm³/mol. The molecule has 2 heteroatoms. The zero-order valence-corrected chi connectivity index (χ0v) is 10.2. The van der Waals surface area contributed by atoms with Crippen molar-refractivity contribution < 1.29 is 9.47 Å². The molecule has 0 atom stereocenters. The molecule has 0 heterocycles. The lowest BCUT2D eigenvalue weighted by atomic mass is 10.5. The first-order chi connectivity index (χ1) is 5.83. The fourth-order valence-electron chi connectivity index (χ4n) is 0.204. The van der Waals surface area contributed by atoms with Crippen LogP contribution < -0.4 is 0 Å². The standard InChI is InChI=1S/C4H10O.C2H6O.2C2H6.5CH4/c1-3-4-5-2;1-3-2;2*1-2;;;;;/h3-4H2,1-2H3;1-2H3;2*1-2H3;5*1H4. The minimum atomic E-state index is 0. The normalized spacial score (nSPS) is 4.24. The molecular formula is C15H48O2. The summed E-state index contributed by atoms with van der Waals surface area (Å²) >= 11 is 0. The Morgan fingerprint density at radius 2 is 0.824 bits per heavy atom. The Labute approximate surface area is 116 Å². The van der Waals surface area contributed by atoms with Crippen LogP contribution in [0.3, 0.4) is 0 Å². The van der Waals surface area contributed by atoms with Crippen molar-refractivity contribution in [2.24, 2.45) is 0 Å². The third-order valence-corrected chi connectivity index (χ3v) is 0.408. The molecule has 0 rings (SSSR count). The Hall–Kier alpha value is -0.0800. The van der Waals surface area contributed by atoms with E-state index in [-0.39, 0.29) is 37.1 Å². The van der Waals surface area contributed by atoms with E-state index in [0.717, 1.165) is 13.0 Å². The van der Waals surface area contributed by atoms with Gasteiger partial charge in [-0.15, -0.1) is 0 Å². The summed E-state index contributed by atoms with van der Waals surface area (Å²) < 4.78 is 8.94. The summed E-state index contributed by atoms with van der Waals surface area (Å²) in [5.41, 5.74) is 0. The van der Waals surface area contributed by atoms with Crippen molar-refractivity contribution in [1.82, 2.24) is 0 Å². The quantitative estimate of drug-likeness (QED) is 0.561. The van der Waals surface area contributed by atoms with E-state index in [1.165, 1.54) is 0 Å². The van der Waals surface area contributed by atoms with Gasteiger partial charge in [0, 0.05) is 27.9 Å². The van der Waals surface area contributed by atoms with Gasteiger partial charge < -0.3 is 9.47 Å². The van der Waals surface area contributed by atoms with Crippen molar-refractivity contribution in [3.05, 3.63) is 0 Å². The highest BCUT2D eigenvalue weighted by atomic mass is 16.5. The van der Waals surface area contributed by atoms with Gasteiger partial charge in [0.1, 0.15) is 0 Å². The maximum atomic E-state index is 4.69. The van der Waals surface area contributed by atoms with Crippen LogP contribution in [-0.4, -0.2) is 27.9 Å². The second-order valence-electron chi connectivity index (χ2n) is 1.40. The van der Waals surface area contributed by atoms with Gasteiger partial charge in [0.2, 0.25) is 0 Å². The molecule has 0 bridgehead atoms. The molecule has 0 aromatic rings. The Morgan fingerprint density at radius 1 is 0.647 bits per heavy atom. The molecule has 0 saturated carbocycles. The molecule has 0 unspecified atom stereocenters. The van der Waals surface area contributed by atoms with E-state index < -0.39 is 0 Å². The second-order valence-corrected chi connectivity index (χ2v) is 1.40. The summed E-state index contributed by atoms with van der Waals surface area (Å²) in [6.07, 6.45) is 1.12. The van der Waals surface area contributed by atoms with Crippen LogP contribution in [0.2, 0.25) is 0 Å². The van der Waals surface area contributed by atoms with Gasteiger partial charge in [-0.2, -0.15) is 0 Å². The average Bonchev–Trinajstić information content (AvgIpc) is 2.14. The fraction of sp³-hybridized carbons (Fsp3) is 1.00. The zero-order chi connectivity index (χ0) is 10.8. The predicted octanol–water partition coefficient (Wildman–Crippen LogP) is 6.54. The summed E-state index contributed by atoms with van der Waals surface area (Å²) in [5, 5.41) is 0. The van der Waals surface area contributed by atoms with E-state index >= 15 is 0 Å². The minimum Gasteiger partial charge on any atom is -0.388 e. The second kappa shape index (κ2) is 231. The van der Waals surface area contributed by atoms with E-state index in [4.69, 9.17) is 4.74 Å². The number of rotatable bonds is 2. The van der Waals surface area contributed by atoms with Gasteiger partial charge in [0.05, 0.1) is 0 Å². The number of hydrogen-bond acceptors (Lipinski definition) is 2. The molecule has 0 amide bonds. The van der Waals surface area contributed by atoms with Gasteiger partial charge in [-0.25, -0.2) is 0 Å². The zero-order valence-electron chi connectivity index (χ0n) is 10.2. The van der Waals surface area contributed by atoms with Crippen LogP contribution >= 0.6 is 0 Å². The maximum Gasteiger partial charge on any atom is 0.0459 e. The summed E-state index contributed by atoms with van der Waals surface area (Å²) in [7, 11) is 4.96. The van der Waals surface area contributed by atoms with Crippen LogP contribution in [0, 0.1) is 0 Å². The van der Waals surface area contributed by atoms with Crippen molar-refractivity contribution in [1.29, 1.82) is 0 Å². The van der Waals surface area contributed by atoms with Crippen molar-refractivity contribution in [3.8, 4) is 0 Å².